The van der Waals surface area contributed by atoms with E-state index in [-0.39, 0.29) is 23.8 Å². The molecule has 2 aliphatic rings. The van der Waals surface area contributed by atoms with E-state index in [1.54, 1.807) is 12.1 Å². The smallest absolute Gasteiger partial charge is 0.252 e. The second-order valence-electron chi connectivity index (χ2n) is 7.63. The van der Waals surface area contributed by atoms with Crippen LogP contribution in [-0.2, 0) is 16.8 Å². The normalized spacial score (nSPS) is 18.7. The van der Waals surface area contributed by atoms with Gasteiger partial charge in [0.05, 0.1) is 17.7 Å². The molecule has 1 aliphatic carbocycles. The summed E-state index contributed by atoms with van der Waals surface area (Å²) in [5, 5.41) is 2.88. The van der Waals surface area contributed by atoms with E-state index < -0.39 is 5.41 Å². The van der Waals surface area contributed by atoms with Crippen molar-refractivity contribution in [3.05, 3.63) is 57.8 Å². The number of hydrogen-bond acceptors (Lipinski definition) is 5. The van der Waals surface area contributed by atoms with Crippen molar-refractivity contribution in [2.75, 3.05) is 38.1 Å². The maximum absolute atomic E-state index is 13.5. The van der Waals surface area contributed by atoms with Gasteiger partial charge in [-0.2, -0.15) is 0 Å². The van der Waals surface area contributed by atoms with E-state index in [1.807, 2.05) is 4.90 Å². The number of nitrogens with one attached hydrogen (secondary N) is 2. The van der Waals surface area contributed by atoms with Gasteiger partial charge >= 0.3 is 0 Å². The lowest BCUT2D eigenvalue weighted by atomic mass is 9.95. The van der Waals surface area contributed by atoms with E-state index in [2.05, 4.69) is 27.2 Å². The number of nitrogens with zero attached hydrogens (tertiary/aromatic N) is 3. The Morgan fingerprint density at radius 2 is 2.00 bits per heavy atom. The van der Waals surface area contributed by atoms with Crippen LogP contribution >= 0.6 is 0 Å². The quantitative estimate of drug-likeness (QED) is 0.803. The predicted molar refractivity (Wildman–Crippen MR) is 104 cm³/mol. The molecule has 2 heterocycles. The van der Waals surface area contributed by atoms with Gasteiger partial charge in [-0.25, -0.2) is 9.37 Å². The van der Waals surface area contributed by atoms with Crippen molar-refractivity contribution in [1.82, 2.24) is 20.2 Å². The molecule has 0 bridgehead atoms. The SMILES string of the molecule is CN1CCN(c2nc(CNC(=O)C3(c4cccc(F)c4)CC3)cc(=O)[nH]2)CC1. The topological polar surface area (TPSA) is 81.3 Å². The van der Waals surface area contributed by atoms with Gasteiger partial charge in [0.25, 0.3) is 5.56 Å². The van der Waals surface area contributed by atoms with Crippen LogP contribution in [-0.4, -0.2) is 54.0 Å². The molecule has 1 aliphatic heterocycles. The third kappa shape index (κ3) is 3.77. The van der Waals surface area contributed by atoms with Gasteiger partial charge in [0.1, 0.15) is 5.82 Å². The van der Waals surface area contributed by atoms with Crippen molar-refractivity contribution in [3.8, 4) is 0 Å². The summed E-state index contributed by atoms with van der Waals surface area (Å²) in [6, 6.07) is 7.61. The summed E-state index contributed by atoms with van der Waals surface area (Å²) in [7, 11) is 2.06. The molecule has 2 fully saturated rings. The summed E-state index contributed by atoms with van der Waals surface area (Å²) in [4.78, 5) is 36.4. The average molecular weight is 385 g/mol. The van der Waals surface area contributed by atoms with Crippen LogP contribution in [0.1, 0.15) is 24.1 Å². The predicted octanol–water partition coefficient (Wildman–Crippen LogP) is 1.01. The number of carbonyl (C=O) groups excluding carboxylic acids is 1. The molecule has 8 heteroatoms. The second-order valence-corrected chi connectivity index (χ2v) is 7.63. The zero-order valence-corrected chi connectivity index (χ0v) is 15.9. The van der Waals surface area contributed by atoms with Gasteiger partial charge in [-0.3, -0.25) is 14.6 Å². The molecule has 4 rings (SSSR count). The highest BCUT2D eigenvalue weighted by atomic mass is 19.1. The van der Waals surface area contributed by atoms with Crippen molar-refractivity contribution in [2.45, 2.75) is 24.8 Å². The first kappa shape index (κ1) is 18.6. The van der Waals surface area contributed by atoms with Crippen LogP contribution in [0, 0.1) is 5.82 Å². The highest BCUT2D eigenvalue weighted by Gasteiger charge is 2.51. The molecule has 1 saturated carbocycles. The maximum atomic E-state index is 13.5. The van der Waals surface area contributed by atoms with Crippen molar-refractivity contribution in [2.24, 2.45) is 0 Å². The molecule has 0 radical (unpaired) electrons. The van der Waals surface area contributed by atoms with Crippen LogP contribution in [0.15, 0.2) is 35.1 Å². The highest BCUT2D eigenvalue weighted by molar-refractivity contribution is 5.91. The van der Waals surface area contributed by atoms with Crippen LogP contribution in [0.4, 0.5) is 10.3 Å². The number of anilines is 1. The lowest BCUT2D eigenvalue weighted by molar-refractivity contribution is -0.123. The summed E-state index contributed by atoms with van der Waals surface area (Å²) in [6.45, 7) is 3.55. The number of hydrogen-bond donors (Lipinski definition) is 2. The molecule has 0 atom stereocenters. The fourth-order valence-electron chi connectivity index (χ4n) is 3.65. The number of H-pyrrole nitrogens is 1. The first-order chi connectivity index (χ1) is 13.5. The summed E-state index contributed by atoms with van der Waals surface area (Å²) < 4.78 is 13.5. The minimum Gasteiger partial charge on any atom is -0.350 e. The van der Waals surface area contributed by atoms with E-state index in [9.17, 15) is 14.0 Å². The van der Waals surface area contributed by atoms with Crippen LogP contribution in [0.3, 0.4) is 0 Å². The third-order valence-electron chi connectivity index (χ3n) is 5.58. The monoisotopic (exact) mass is 385 g/mol. The van der Waals surface area contributed by atoms with Crippen molar-refractivity contribution >= 4 is 11.9 Å². The molecule has 148 valence electrons. The molecule has 1 saturated heterocycles. The van der Waals surface area contributed by atoms with Crippen LogP contribution in [0.5, 0.6) is 0 Å². The molecule has 0 spiro atoms. The molecule has 1 amide bonds. The number of piperazine rings is 1. The van der Waals surface area contributed by atoms with Gasteiger partial charge in [-0.1, -0.05) is 12.1 Å². The zero-order valence-electron chi connectivity index (χ0n) is 15.9. The van der Waals surface area contributed by atoms with Gasteiger partial charge in [-0.05, 0) is 37.6 Å². The first-order valence-corrected chi connectivity index (χ1v) is 9.54. The second kappa shape index (κ2) is 7.35. The highest BCUT2D eigenvalue weighted by Crippen LogP contribution is 2.48. The molecule has 2 aromatic rings. The fraction of sp³-hybridized carbons (Fsp3) is 0.450. The Hall–Kier alpha value is -2.74. The summed E-state index contributed by atoms with van der Waals surface area (Å²) >= 11 is 0. The number of carbonyl (C=O) groups is 1. The Balaban J connectivity index is 1.45. The third-order valence-corrected chi connectivity index (χ3v) is 5.58. The van der Waals surface area contributed by atoms with E-state index in [4.69, 9.17) is 0 Å². The van der Waals surface area contributed by atoms with Crippen molar-refractivity contribution in [1.29, 1.82) is 0 Å². The minimum absolute atomic E-state index is 0.152. The number of likely N-dealkylation sites (N-methyl/N-ethyl adjacent to an activating group) is 1. The van der Waals surface area contributed by atoms with Crippen LogP contribution in [0.2, 0.25) is 0 Å². The van der Waals surface area contributed by atoms with Gasteiger partial charge in [0.15, 0.2) is 0 Å². The van der Waals surface area contributed by atoms with E-state index >= 15 is 0 Å². The summed E-state index contributed by atoms with van der Waals surface area (Å²) in [5.41, 5.74) is 0.311. The lowest BCUT2D eigenvalue weighted by Gasteiger charge is -2.32. The molecule has 0 unspecified atom stereocenters. The first-order valence-electron chi connectivity index (χ1n) is 9.54. The number of benzene rings is 1. The molecular weight excluding hydrogens is 361 g/mol. The maximum Gasteiger partial charge on any atom is 0.252 e. The van der Waals surface area contributed by atoms with Gasteiger partial charge < -0.3 is 15.1 Å². The van der Waals surface area contributed by atoms with Crippen molar-refractivity contribution < 1.29 is 9.18 Å². The molecule has 1 aromatic heterocycles. The number of amides is 1. The Kier molecular flexibility index (Phi) is 4.89. The van der Waals surface area contributed by atoms with Gasteiger partial charge in [0, 0.05) is 32.2 Å². The molecule has 1 aromatic carbocycles. The minimum atomic E-state index is -0.663. The molecule has 2 N–H and O–H groups in total. The number of halogens is 1. The van der Waals surface area contributed by atoms with E-state index in [0.29, 0.717) is 30.0 Å². The average Bonchev–Trinajstić information content (AvgIpc) is 3.48. The Bertz CT molecular complexity index is 932. The summed E-state index contributed by atoms with van der Waals surface area (Å²) in [5.74, 6) is 0.0436. The van der Waals surface area contributed by atoms with E-state index in [1.165, 1.54) is 18.2 Å². The molecule has 28 heavy (non-hydrogen) atoms. The lowest BCUT2D eigenvalue weighted by Crippen LogP contribution is -2.45. The van der Waals surface area contributed by atoms with Crippen LogP contribution in [0.25, 0.3) is 0 Å². The van der Waals surface area contributed by atoms with Crippen LogP contribution < -0.4 is 15.8 Å². The Labute approximate surface area is 162 Å². The molecule has 7 nitrogen and oxygen atoms in total. The van der Waals surface area contributed by atoms with Gasteiger partial charge in [-0.15, -0.1) is 0 Å². The number of aromatic nitrogens is 2. The van der Waals surface area contributed by atoms with Crippen molar-refractivity contribution in [3.63, 3.8) is 0 Å². The molecular formula is C20H24FN5O2. The van der Waals surface area contributed by atoms with E-state index in [0.717, 1.165) is 26.2 Å². The number of aromatic amines is 1. The Morgan fingerprint density at radius 3 is 2.68 bits per heavy atom. The standard InChI is InChI=1S/C20H24FN5O2/c1-25-7-9-26(10-8-25)19-23-16(12-17(27)24-19)13-22-18(28)20(5-6-20)14-3-2-4-15(21)11-14/h2-4,11-12H,5-10,13H2,1H3,(H,22,28)(H,23,24,27). The van der Waals surface area contributed by atoms with Gasteiger partial charge in [0.2, 0.25) is 11.9 Å². The number of rotatable bonds is 5. The zero-order chi connectivity index (χ0) is 19.7. The largest absolute Gasteiger partial charge is 0.350 e. The fourth-order valence-corrected chi connectivity index (χ4v) is 3.65. The summed E-state index contributed by atoms with van der Waals surface area (Å²) in [6.07, 6.45) is 1.38. The Morgan fingerprint density at radius 1 is 1.25 bits per heavy atom.